The minimum absolute atomic E-state index is 0.383. The number of hydrazone groups is 1. The van der Waals surface area contributed by atoms with E-state index in [2.05, 4.69) is 28.5 Å². The van der Waals surface area contributed by atoms with Crippen LogP contribution in [-0.2, 0) is 4.74 Å². The molecule has 6 heteroatoms. The second-order valence-electron chi connectivity index (χ2n) is 5.81. The molecule has 0 bridgehead atoms. The maximum absolute atomic E-state index is 11.9. The number of nitrogens with one attached hydrogen (secondary N) is 1. The minimum atomic E-state index is -0.383. The zero-order valence-corrected chi connectivity index (χ0v) is 15.6. The summed E-state index contributed by atoms with van der Waals surface area (Å²) in [6.45, 7) is 3.99. The van der Waals surface area contributed by atoms with Crippen molar-refractivity contribution < 1.29 is 9.53 Å². The number of ether oxygens (including phenoxy) is 1. The lowest BCUT2D eigenvalue weighted by atomic mass is 10.1. The quantitative estimate of drug-likeness (QED) is 0.406. The third-order valence-electron chi connectivity index (χ3n) is 3.90. The van der Waals surface area contributed by atoms with Crippen LogP contribution in [0.1, 0.15) is 27.0 Å². The molecule has 0 saturated heterocycles. The largest absolute Gasteiger partial charge is 0.465 e. The number of rotatable bonds is 5. The third-order valence-corrected chi connectivity index (χ3v) is 4.65. The number of methoxy groups -OCH3 is 1. The highest BCUT2D eigenvalue weighted by atomic mass is 32.1. The molecular formula is C20H19N3O2S. The number of hydrogen-bond donors (Lipinski definition) is 1. The molecule has 0 fully saturated rings. The summed E-state index contributed by atoms with van der Waals surface area (Å²) in [6, 6.07) is 13.7. The lowest BCUT2D eigenvalue weighted by Crippen LogP contribution is -2.06. The summed E-state index contributed by atoms with van der Waals surface area (Å²) in [7, 11) is 1.37. The van der Waals surface area contributed by atoms with Gasteiger partial charge in [0.25, 0.3) is 0 Å². The van der Waals surface area contributed by atoms with Gasteiger partial charge >= 0.3 is 5.97 Å². The summed E-state index contributed by atoms with van der Waals surface area (Å²) in [5, 5.41) is 6.89. The van der Waals surface area contributed by atoms with Gasteiger partial charge in [-0.2, -0.15) is 5.10 Å². The molecule has 1 heterocycles. The monoisotopic (exact) mass is 365 g/mol. The van der Waals surface area contributed by atoms with Crippen LogP contribution in [0.5, 0.6) is 0 Å². The van der Waals surface area contributed by atoms with Crippen molar-refractivity contribution in [2.75, 3.05) is 12.5 Å². The molecule has 2 aromatic carbocycles. The van der Waals surface area contributed by atoms with Crippen LogP contribution >= 0.6 is 11.3 Å². The second kappa shape index (κ2) is 7.93. The van der Waals surface area contributed by atoms with Crippen LogP contribution in [-0.4, -0.2) is 24.3 Å². The van der Waals surface area contributed by atoms with Gasteiger partial charge in [0.15, 0.2) is 0 Å². The number of carbonyl (C=O) groups excluding carboxylic acids is 1. The van der Waals surface area contributed by atoms with Crippen molar-refractivity contribution in [1.82, 2.24) is 4.98 Å². The SMILES string of the molecule is COC(=O)c1cc(C)ccc1/C=N/Nc1nc(-c2ccccc2C)cs1. The molecular weight excluding hydrogens is 346 g/mol. The molecule has 26 heavy (non-hydrogen) atoms. The van der Waals surface area contributed by atoms with Crippen molar-refractivity contribution in [3.8, 4) is 11.3 Å². The number of nitrogens with zero attached hydrogens (tertiary/aromatic N) is 2. The first-order chi connectivity index (χ1) is 12.6. The zero-order valence-electron chi connectivity index (χ0n) is 14.8. The van der Waals surface area contributed by atoms with E-state index in [1.165, 1.54) is 24.0 Å². The van der Waals surface area contributed by atoms with Gasteiger partial charge in [-0.3, -0.25) is 5.43 Å². The summed E-state index contributed by atoms with van der Waals surface area (Å²) < 4.78 is 4.83. The van der Waals surface area contributed by atoms with E-state index in [-0.39, 0.29) is 5.97 Å². The summed E-state index contributed by atoms with van der Waals surface area (Å²) in [5.41, 5.74) is 8.27. The van der Waals surface area contributed by atoms with Gasteiger partial charge in [0.1, 0.15) is 0 Å². The molecule has 0 aliphatic carbocycles. The van der Waals surface area contributed by atoms with Gasteiger partial charge in [-0.15, -0.1) is 11.3 Å². The Kier molecular flexibility index (Phi) is 5.43. The van der Waals surface area contributed by atoms with E-state index in [1.807, 2.05) is 42.6 Å². The zero-order chi connectivity index (χ0) is 18.5. The van der Waals surface area contributed by atoms with Gasteiger partial charge in [0, 0.05) is 16.5 Å². The van der Waals surface area contributed by atoms with E-state index in [4.69, 9.17) is 4.74 Å². The molecule has 0 spiro atoms. The number of benzene rings is 2. The molecule has 0 unspecified atom stereocenters. The lowest BCUT2D eigenvalue weighted by Gasteiger charge is -2.05. The molecule has 132 valence electrons. The summed E-state index contributed by atoms with van der Waals surface area (Å²) in [5.74, 6) is -0.383. The number of thiazole rings is 1. The molecule has 3 aromatic rings. The molecule has 3 rings (SSSR count). The average Bonchev–Trinajstić information content (AvgIpc) is 3.11. The van der Waals surface area contributed by atoms with Crippen LogP contribution in [0.4, 0.5) is 5.13 Å². The Morgan fingerprint density at radius 3 is 2.81 bits per heavy atom. The van der Waals surface area contributed by atoms with E-state index >= 15 is 0 Å². The fraction of sp³-hybridized carbons (Fsp3) is 0.150. The molecule has 5 nitrogen and oxygen atoms in total. The van der Waals surface area contributed by atoms with Crippen molar-refractivity contribution in [2.45, 2.75) is 13.8 Å². The Bertz CT molecular complexity index is 963. The highest BCUT2D eigenvalue weighted by molar-refractivity contribution is 7.14. The number of aryl methyl sites for hydroxylation is 2. The fourth-order valence-electron chi connectivity index (χ4n) is 2.54. The lowest BCUT2D eigenvalue weighted by molar-refractivity contribution is 0.0600. The van der Waals surface area contributed by atoms with Gasteiger partial charge in [-0.25, -0.2) is 9.78 Å². The molecule has 0 aliphatic rings. The van der Waals surface area contributed by atoms with E-state index in [0.29, 0.717) is 16.3 Å². The number of anilines is 1. The van der Waals surface area contributed by atoms with Gasteiger partial charge in [-0.1, -0.05) is 42.0 Å². The minimum Gasteiger partial charge on any atom is -0.465 e. The average molecular weight is 365 g/mol. The smallest absolute Gasteiger partial charge is 0.338 e. The number of hydrogen-bond acceptors (Lipinski definition) is 6. The first-order valence-corrected chi connectivity index (χ1v) is 8.96. The van der Waals surface area contributed by atoms with Crippen LogP contribution in [0.25, 0.3) is 11.3 Å². The molecule has 0 radical (unpaired) electrons. The topological polar surface area (TPSA) is 63.6 Å². The molecule has 0 saturated carbocycles. The fourth-order valence-corrected chi connectivity index (χ4v) is 3.19. The summed E-state index contributed by atoms with van der Waals surface area (Å²) >= 11 is 1.48. The Labute approximate surface area is 156 Å². The normalized spacial score (nSPS) is 10.9. The van der Waals surface area contributed by atoms with Crippen LogP contribution in [0.3, 0.4) is 0 Å². The van der Waals surface area contributed by atoms with Crippen molar-refractivity contribution in [3.05, 3.63) is 70.1 Å². The predicted molar refractivity (Wildman–Crippen MR) is 106 cm³/mol. The molecule has 0 amide bonds. The maximum Gasteiger partial charge on any atom is 0.338 e. The van der Waals surface area contributed by atoms with E-state index in [1.54, 1.807) is 12.3 Å². The van der Waals surface area contributed by atoms with E-state index in [9.17, 15) is 4.79 Å². The molecule has 1 aromatic heterocycles. The second-order valence-corrected chi connectivity index (χ2v) is 6.66. The molecule has 1 N–H and O–H groups in total. The maximum atomic E-state index is 11.9. The van der Waals surface area contributed by atoms with Gasteiger partial charge in [-0.05, 0) is 25.5 Å². The standard InChI is InChI=1S/C20H19N3O2S/c1-13-8-9-15(17(10-13)19(24)25-3)11-21-23-20-22-18(12-26-20)16-7-5-4-6-14(16)2/h4-12H,1-3H3,(H,22,23)/b21-11+. The van der Waals surface area contributed by atoms with Crippen LogP contribution in [0.15, 0.2) is 52.9 Å². The van der Waals surface area contributed by atoms with Crippen LogP contribution in [0.2, 0.25) is 0 Å². The van der Waals surface area contributed by atoms with Gasteiger partial charge in [0.05, 0.1) is 24.6 Å². The van der Waals surface area contributed by atoms with Gasteiger partial charge in [0.2, 0.25) is 5.13 Å². The first-order valence-electron chi connectivity index (χ1n) is 8.08. The van der Waals surface area contributed by atoms with E-state index in [0.717, 1.165) is 16.8 Å². The van der Waals surface area contributed by atoms with Crippen molar-refractivity contribution >= 4 is 28.7 Å². The Hall–Kier alpha value is -2.99. The molecule has 0 atom stereocenters. The summed E-state index contributed by atoms with van der Waals surface area (Å²) in [4.78, 5) is 16.5. The summed E-state index contributed by atoms with van der Waals surface area (Å²) in [6.07, 6.45) is 1.60. The first kappa shape index (κ1) is 17.8. The van der Waals surface area contributed by atoms with Crippen LogP contribution < -0.4 is 5.43 Å². The number of carbonyl (C=O) groups is 1. The Morgan fingerprint density at radius 1 is 1.23 bits per heavy atom. The Morgan fingerprint density at radius 2 is 2.04 bits per heavy atom. The van der Waals surface area contributed by atoms with E-state index < -0.39 is 0 Å². The predicted octanol–water partition coefficient (Wildman–Crippen LogP) is 4.66. The Balaban J connectivity index is 1.76. The number of esters is 1. The van der Waals surface area contributed by atoms with Crippen LogP contribution in [0, 0.1) is 13.8 Å². The van der Waals surface area contributed by atoms with Crippen molar-refractivity contribution in [1.29, 1.82) is 0 Å². The third kappa shape index (κ3) is 3.97. The van der Waals surface area contributed by atoms with Crippen molar-refractivity contribution in [3.63, 3.8) is 0 Å². The molecule has 0 aliphatic heterocycles. The highest BCUT2D eigenvalue weighted by Crippen LogP contribution is 2.27. The van der Waals surface area contributed by atoms with Crippen molar-refractivity contribution in [2.24, 2.45) is 5.10 Å². The number of aromatic nitrogens is 1. The highest BCUT2D eigenvalue weighted by Gasteiger charge is 2.11. The van der Waals surface area contributed by atoms with Gasteiger partial charge < -0.3 is 4.74 Å².